The van der Waals surface area contributed by atoms with Crippen molar-refractivity contribution in [2.45, 2.75) is 6.54 Å². The Balaban J connectivity index is 2.60. The zero-order valence-electron chi connectivity index (χ0n) is 14.0. The third-order valence-electron chi connectivity index (χ3n) is 3.83. The molecule has 0 spiro atoms. The number of methoxy groups -OCH3 is 1. The molecule has 24 heavy (non-hydrogen) atoms. The van der Waals surface area contributed by atoms with Gasteiger partial charge in [-0.25, -0.2) is 4.79 Å². The van der Waals surface area contributed by atoms with Crippen LogP contribution >= 0.6 is 0 Å². The van der Waals surface area contributed by atoms with E-state index in [-0.39, 0.29) is 5.56 Å². The molecule has 0 amide bonds. The molecule has 126 valence electrons. The third kappa shape index (κ3) is 3.39. The van der Waals surface area contributed by atoms with Crippen LogP contribution < -0.4 is 16.1 Å². The maximum Gasteiger partial charge on any atom is 0.332 e. The van der Waals surface area contributed by atoms with Crippen LogP contribution in [0.4, 0.5) is 5.82 Å². The van der Waals surface area contributed by atoms with Crippen molar-refractivity contribution in [2.75, 3.05) is 25.2 Å². The minimum absolute atomic E-state index is 0.0494. The van der Waals surface area contributed by atoms with E-state index >= 15 is 0 Å². The Morgan fingerprint density at radius 2 is 1.83 bits per heavy atom. The highest BCUT2D eigenvalue weighted by molar-refractivity contribution is 5.53. The van der Waals surface area contributed by atoms with E-state index in [4.69, 9.17) is 4.74 Å². The average molecular weight is 328 g/mol. The van der Waals surface area contributed by atoms with Gasteiger partial charge in [-0.1, -0.05) is 30.3 Å². The summed E-state index contributed by atoms with van der Waals surface area (Å²) < 4.78 is 7.41. The lowest BCUT2D eigenvalue weighted by atomic mass is 10.2. The van der Waals surface area contributed by atoms with Crippen LogP contribution in [0.15, 0.2) is 39.9 Å². The lowest BCUT2D eigenvalue weighted by molar-refractivity contribution is 0.204. The lowest BCUT2D eigenvalue weighted by Crippen LogP contribution is -2.43. The summed E-state index contributed by atoms with van der Waals surface area (Å²) in [6.07, 6.45) is 0. The molecule has 0 saturated heterocycles. The van der Waals surface area contributed by atoms with E-state index in [9.17, 15) is 14.9 Å². The third-order valence-corrected chi connectivity index (χ3v) is 3.83. The van der Waals surface area contributed by atoms with Crippen molar-refractivity contribution < 1.29 is 4.74 Å². The van der Waals surface area contributed by atoms with E-state index in [1.165, 1.54) is 11.6 Å². The van der Waals surface area contributed by atoms with Crippen LogP contribution in [0.3, 0.4) is 0 Å². The molecule has 7 nitrogen and oxygen atoms in total. The van der Waals surface area contributed by atoms with Crippen molar-refractivity contribution in [1.29, 1.82) is 5.26 Å². The van der Waals surface area contributed by atoms with Crippen molar-refractivity contribution >= 4 is 5.82 Å². The Labute approximate surface area is 139 Å². The topological polar surface area (TPSA) is 80.3 Å². The van der Waals surface area contributed by atoms with Crippen LogP contribution in [0, 0.1) is 11.3 Å². The highest BCUT2D eigenvalue weighted by Gasteiger charge is 2.21. The van der Waals surface area contributed by atoms with Crippen molar-refractivity contribution in [2.24, 2.45) is 14.1 Å². The van der Waals surface area contributed by atoms with Gasteiger partial charge in [0.15, 0.2) is 5.56 Å². The van der Waals surface area contributed by atoms with Crippen LogP contribution in [0.1, 0.15) is 11.1 Å². The molecule has 0 unspecified atom stereocenters. The molecule has 1 aromatic carbocycles. The van der Waals surface area contributed by atoms with Gasteiger partial charge in [-0.2, -0.15) is 5.26 Å². The molecule has 0 aliphatic rings. The predicted octanol–water partition coefficient (Wildman–Crippen LogP) is 0.609. The summed E-state index contributed by atoms with van der Waals surface area (Å²) in [6.45, 7) is 1.31. The zero-order chi connectivity index (χ0) is 17.7. The molecule has 0 aliphatic carbocycles. The summed E-state index contributed by atoms with van der Waals surface area (Å²) in [5.41, 5.74) is -0.104. The number of hydrogen-bond acceptors (Lipinski definition) is 5. The van der Waals surface area contributed by atoms with Crippen LogP contribution in [0.5, 0.6) is 0 Å². The molecule has 0 fully saturated rings. The van der Waals surface area contributed by atoms with Gasteiger partial charge >= 0.3 is 5.69 Å². The molecule has 0 bridgehead atoms. The standard InChI is InChI=1S/C17H20N4O3/c1-19-15(14(11-18)16(22)20(2)17(19)23)21(9-10-24-3)12-13-7-5-4-6-8-13/h4-8H,9-10,12H2,1-3H3. The molecule has 0 radical (unpaired) electrons. The first-order chi connectivity index (χ1) is 11.5. The van der Waals surface area contributed by atoms with Crippen LogP contribution in [-0.4, -0.2) is 29.4 Å². The largest absolute Gasteiger partial charge is 0.383 e. The zero-order valence-corrected chi connectivity index (χ0v) is 14.0. The summed E-state index contributed by atoms with van der Waals surface area (Å²) in [5.74, 6) is 0.312. The summed E-state index contributed by atoms with van der Waals surface area (Å²) in [6, 6.07) is 11.6. The summed E-state index contributed by atoms with van der Waals surface area (Å²) in [7, 11) is 4.50. The molecule has 2 rings (SSSR count). The van der Waals surface area contributed by atoms with E-state index in [2.05, 4.69) is 0 Å². The smallest absolute Gasteiger partial charge is 0.332 e. The van der Waals surface area contributed by atoms with E-state index in [0.29, 0.717) is 25.5 Å². The maximum absolute atomic E-state index is 12.3. The van der Waals surface area contributed by atoms with E-state index in [1.54, 1.807) is 14.2 Å². The van der Waals surface area contributed by atoms with Gasteiger partial charge in [-0.3, -0.25) is 13.9 Å². The number of hydrogen-bond donors (Lipinski definition) is 0. The van der Waals surface area contributed by atoms with Crippen LogP contribution in [0.25, 0.3) is 0 Å². The Morgan fingerprint density at radius 1 is 1.17 bits per heavy atom. The number of nitriles is 1. The van der Waals surface area contributed by atoms with Crippen molar-refractivity contribution in [1.82, 2.24) is 9.13 Å². The Kier molecular flexibility index (Phi) is 5.55. The van der Waals surface area contributed by atoms with Gasteiger partial charge in [0.25, 0.3) is 5.56 Å². The average Bonchev–Trinajstić information content (AvgIpc) is 2.60. The fourth-order valence-electron chi connectivity index (χ4n) is 2.57. The molecule has 0 N–H and O–H groups in total. The normalized spacial score (nSPS) is 10.4. The Bertz CT molecular complexity index is 862. The summed E-state index contributed by atoms with van der Waals surface area (Å²) >= 11 is 0. The van der Waals surface area contributed by atoms with Crippen molar-refractivity contribution in [3.05, 3.63) is 62.3 Å². The molecule has 2 aromatic rings. The van der Waals surface area contributed by atoms with Gasteiger partial charge in [-0.05, 0) is 5.56 Å². The maximum atomic E-state index is 12.3. The second-order valence-electron chi connectivity index (χ2n) is 5.42. The number of ether oxygens (including phenoxy) is 1. The molecule has 0 aliphatic heterocycles. The minimum atomic E-state index is -0.592. The molecule has 1 heterocycles. The molecule has 0 saturated carbocycles. The molecular formula is C17H20N4O3. The molecule has 0 atom stereocenters. The number of anilines is 1. The fourth-order valence-corrected chi connectivity index (χ4v) is 2.57. The number of nitrogens with zero attached hydrogens (tertiary/aromatic N) is 4. The monoisotopic (exact) mass is 328 g/mol. The highest BCUT2D eigenvalue weighted by atomic mass is 16.5. The first kappa shape index (κ1) is 17.5. The van der Waals surface area contributed by atoms with Gasteiger partial charge in [-0.15, -0.1) is 0 Å². The number of aromatic nitrogens is 2. The van der Waals surface area contributed by atoms with E-state index in [0.717, 1.165) is 10.1 Å². The lowest BCUT2D eigenvalue weighted by Gasteiger charge is -2.27. The van der Waals surface area contributed by atoms with Crippen molar-refractivity contribution in [3.63, 3.8) is 0 Å². The van der Waals surface area contributed by atoms with Gasteiger partial charge in [0.2, 0.25) is 0 Å². The van der Waals surface area contributed by atoms with E-state index in [1.807, 2.05) is 41.3 Å². The molecular weight excluding hydrogens is 308 g/mol. The second kappa shape index (κ2) is 7.62. The first-order valence-electron chi connectivity index (χ1n) is 7.49. The fraction of sp³-hybridized carbons (Fsp3) is 0.353. The first-order valence-corrected chi connectivity index (χ1v) is 7.49. The molecule has 7 heteroatoms. The van der Waals surface area contributed by atoms with Gasteiger partial charge in [0.05, 0.1) is 6.61 Å². The number of benzene rings is 1. The Morgan fingerprint density at radius 3 is 2.42 bits per heavy atom. The SMILES string of the molecule is COCCN(Cc1ccccc1)c1c(C#N)c(=O)n(C)c(=O)n1C. The van der Waals surface area contributed by atoms with Gasteiger partial charge in [0, 0.05) is 34.3 Å². The summed E-state index contributed by atoms with van der Waals surface area (Å²) in [4.78, 5) is 26.4. The van der Waals surface area contributed by atoms with Gasteiger partial charge in [0.1, 0.15) is 11.9 Å². The Hall–Kier alpha value is -2.85. The summed E-state index contributed by atoms with van der Waals surface area (Å²) in [5, 5.41) is 9.44. The predicted molar refractivity (Wildman–Crippen MR) is 91.0 cm³/mol. The quantitative estimate of drug-likeness (QED) is 0.776. The van der Waals surface area contributed by atoms with E-state index < -0.39 is 11.2 Å². The number of rotatable bonds is 6. The highest BCUT2D eigenvalue weighted by Crippen LogP contribution is 2.17. The van der Waals surface area contributed by atoms with Crippen molar-refractivity contribution in [3.8, 4) is 6.07 Å². The minimum Gasteiger partial charge on any atom is -0.383 e. The van der Waals surface area contributed by atoms with Crippen LogP contribution in [0.2, 0.25) is 0 Å². The van der Waals surface area contributed by atoms with Gasteiger partial charge < -0.3 is 9.64 Å². The van der Waals surface area contributed by atoms with Crippen LogP contribution in [-0.2, 0) is 25.4 Å². The molecule has 1 aromatic heterocycles. The second-order valence-corrected chi connectivity index (χ2v) is 5.42.